The predicted molar refractivity (Wildman–Crippen MR) is 392 cm³/mol. The van der Waals surface area contributed by atoms with E-state index in [1.807, 2.05) is 0 Å². The second-order valence-corrected chi connectivity index (χ2v) is 29.5. The Balaban J connectivity index is 1.01. The van der Waals surface area contributed by atoms with E-state index in [9.17, 15) is 0 Å². The molecule has 0 saturated heterocycles. The normalized spacial score (nSPS) is 14.8. The second kappa shape index (κ2) is 19.9. The van der Waals surface area contributed by atoms with Crippen molar-refractivity contribution < 1.29 is 0 Å². The third-order valence-electron chi connectivity index (χ3n) is 21.9. The molecule has 92 heavy (non-hydrogen) atoms. The van der Waals surface area contributed by atoms with Crippen LogP contribution in [-0.2, 0) is 21.7 Å². The van der Waals surface area contributed by atoms with Gasteiger partial charge < -0.3 is 9.80 Å². The van der Waals surface area contributed by atoms with Crippen molar-refractivity contribution in [3.8, 4) is 22.3 Å². The van der Waals surface area contributed by atoms with Gasteiger partial charge in [-0.2, -0.15) is 0 Å². The minimum Gasteiger partial charge on any atom is -0.307 e. The van der Waals surface area contributed by atoms with Crippen LogP contribution in [0.5, 0.6) is 0 Å². The number of hydrogen-bond donors (Lipinski definition) is 0. The fraction of sp³-hybridized carbons (Fsp3) is 0.182. The summed E-state index contributed by atoms with van der Waals surface area (Å²) in [5, 5.41) is 0. The lowest BCUT2D eigenvalue weighted by molar-refractivity contribution is 0.587. The molecule has 2 aliphatic carbocycles. The summed E-state index contributed by atoms with van der Waals surface area (Å²) in [5.41, 5.74) is 40.1. The first-order chi connectivity index (χ1) is 44.4. The van der Waals surface area contributed by atoms with E-state index in [0.29, 0.717) is 0 Å². The van der Waals surface area contributed by atoms with Gasteiger partial charge in [0.2, 0.25) is 13.4 Å². The fourth-order valence-electron chi connectivity index (χ4n) is 18.3. The van der Waals surface area contributed by atoms with Gasteiger partial charge in [-0.15, -0.1) is 0 Å². The Bertz CT molecular complexity index is 4640. The van der Waals surface area contributed by atoms with E-state index in [2.05, 4.69) is 336 Å². The van der Waals surface area contributed by atoms with Crippen LogP contribution in [0.2, 0.25) is 0 Å². The molecule has 3 heterocycles. The Morgan fingerprint density at radius 1 is 0.283 bits per heavy atom. The summed E-state index contributed by atoms with van der Waals surface area (Å²) < 4.78 is 0. The molecule has 0 N–H and O–H groups in total. The summed E-state index contributed by atoms with van der Waals surface area (Å²) in [7, 11) is 0. The van der Waals surface area contributed by atoms with Gasteiger partial charge in [-0.05, 0) is 176 Å². The number of hydrogen-bond acceptors (Lipinski definition) is 2. The molecule has 0 fully saturated rings. The van der Waals surface area contributed by atoms with Gasteiger partial charge in [-0.3, -0.25) is 0 Å². The van der Waals surface area contributed by atoms with Crippen molar-refractivity contribution in [1.29, 1.82) is 0 Å². The van der Waals surface area contributed by atoms with Gasteiger partial charge in [-0.25, -0.2) is 0 Å². The number of fused-ring (bicyclic) bond motifs is 12. The number of anilines is 6. The van der Waals surface area contributed by atoms with Gasteiger partial charge in [0.05, 0.1) is 33.6 Å². The quantitative estimate of drug-likeness (QED) is 0.153. The molecule has 0 bridgehead atoms. The summed E-state index contributed by atoms with van der Waals surface area (Å²) in [5.74, 6) is 0. The van der Waals surface area contributed by atoms with Gasteiger partial charge in [0.1, 0.15) is 0 Å². The smallest absolute Gasteiger partial charge is 0.247 e. The number of nitrogens with zero attached hydrogens (tertiary/aromatic N) is 2. The van der Waals surface area contributed by atoms with Crippen LogP contribution in [0.25, 0.3) is 22.3 Å². The van der Waals surface area contributed by atoms with Gasteiger partial charge in [-0.1, -0.05) is 304 Å². The summed E-state index contributed by atoms with van der Waals surface area (Å²) in [6, 6.07) is 95.5. The Morgan fingerprint density at radius 3 is 0.913 bits per heavy atom. The first-order valence-electron chi connectivity index (χ1n) is 33.3. The molecule has 12 aromatic carbocycles. The van der Waals surface area contributed by atoms with Crippen LogP contribution in [0.4, 0.5) is 34.1 Å². The molecular weight excluding hydrogens is 1110 g/mol. The average Bonchev–Trinajstić information content (AvgIpc) is 1.10. The zero-order valence-electron chi connectivity index (χ0n) is 55.1. The van der Waals surface area contributed by atoms with Crippen molar-refractivity contribution in [2.75, 3.05) is 9.80 Å². The molecule has 0 saturated carbocycles. The molecule has 4 heteroatoms. The lowest BCUT2D eigenvalue weighted by Gasteiger charge is -2.49. The summed E-state index contributed by atoms with van der Waals surface area (Å²) >= 11 is 0. The molecule has 12 aromatic rings. The molecule has 0 spiro atoms. The average molecular weight is 1180 g/mol. The Labute approximate surface area is 545 Å². The van der Waals surface area contributed by atoms with Crippen molar-refractivity contribution in [1.82, 2.24) is 0 Å². The summed E-state index contributed by atoms with van der Waals surface area (Å²) in [6.07, 6.45) is 0. The van der Waals surface area contributed by atoms with E-state index in [-0.39, 0.29) is 24.3 Å². The van der Waals surface area contributed by atoms with E-state index in [4.69, 9.17) is 0 Å². The maximum absolute atomic E-state index is 2.74. The Hall–Kier alpha value is -9.63. The molecular formula is C88H76B2N2. The van der Waals surface area contributed by atoms with Crippen molar-refractivity contribution in [3.05, 3.63) is 332 Å². The fourth-order valence-corrected chi connectivity index (χ4v) is 18.3. The highest BCUT2D eigenvalue weighted by Crippen LogP contribution is 2.63. The topological polar surface area (TPSA) is 6.48 Å². The van der Waals surface area contributed by atoms with Crippen molar-refractivity contribution >= 4 is 80.3 Å². The van der Waals surface area contributed by atoms with Crippen LogP contribution < -0.4 is 42.6 Å². The Kier molecular flexibility index (Phi) is 12.2. The van der Waals surface area contributed by atoms with E-state index >= 15 is 0 Å². The Morgan fingerprint density at radius 2 is 0.598 bits per heavy atom. The van der Waals surface area contributed by atoms with Crippen LogP contribution in [0.3, 0.4) is 0 Å². The minimum atomic E-state index is -0.632. The lowest BCUT2D eigenvalue weighted by Crippen LogP contribution is -2.62. The van der Waals surface area contributed by atoms with Crippen LogP contribution in [-0.4, -0.2) is 13.4 Å². The van der Waals surface area contributed by atoms with Gasteiger partial charge >= 0.3 is 0 Å². The van der Waals surface area contributed by atoms with Crippen LogP contribution in [0.15, 0.2) is 243 Å². The zero-order valence-corrected chi connectivity index (χ0v) is 55.1. The highest BCUT2D eigenvalue weighted by atomic mass is 15.3. The maximum atomic E-state index is 2.74. The van der Waals surface area contributed by atoms with Gasteiger partial charge in [0, 0.05) is 11.4 Å². The van der Waals surface area contributed by atoms with E-state index in [0.717, 1.165) is 0 Å². The van der Waals surface area contributed by atoms with Crippen molar-refractivity contribution in [2.24, 2.45) is 0 Å². The predicted octanol–water partition coefficient (Wildman–Crippen LogP) is 17.8. The summed E-state index contributed by atoms with van der Waals surface area (Å²) in [4.78, 5) is 5.48. The second-order valence-electron chi connectivity index (χ2n) is 29.5. The molecule has 0 aromatic heterocycles. The molecule has 0 atom stereocenters. The largest absolute Gasteiger partial charge is 0.307 e. The molecule has 2 nitrogen and oxygen atoms in total. The number of aryl methyl sites for hydroxylation is 6. The first-order valence-corrected chi connectivity index (χ1v) is 33.3. The number of rotatable bonds is 6. The highest BCUT2D eigenvalue weighted by molar-refractivity contribution is 7.00. The third kappa shape index (κ3) is 7.70. The molecule has 3 aliphatic heterocycles. The van der Waals surface area contributed by atoms with Gasteiger partial charge in [0.15, 0.2) is 0 Å². The number of benzene rings is 12. The molecule has 17 rings (SSSR count). The van der Waals surface area contributed by atoms with E-state index in [1.54, 1.807) is 0 Å². The van der Waals surface area contributed by atoms with Crippen LogP contribution in [0.1, 0.15) is 131 Å². The van der Waals surface area contributed by atoms with Crippen LogP contribution >= 0.6 is 0 Å². The maximum Gasteiger partial charge on any atom is 0.247 e. The summed E-state index contributed by atoms with van der Waals surface area (Å²) in [6.45, 7) is 27.9. The number of para-hydroxylation sites is 2. The van der Waals surface area contributed by atoms with Gasteiger partial charge in [0.25, 0.3) is 0 Å². The van der Waals surface area contributed by atoms with Crippen molar-refractivity contribution in [3.63, 3.8) is 0 Å². The minimum absolute atomic E-state index is 0.0750. The monoisotopic (exact) mass is 1180 g/mol. The SMILES string of the molecule is Cc1cc(C)c(B2c3cc4c(cc3N3c5cccc6c5N(c5cc7c(cc5B6c5c(C)cc(C)cc5C)-c5ccc(C(C)(C)C)cc5C7(c5ccccc5)c5ccccc5)c5cccc2c53)C(c2ccccc2)(c2ccccc2)c2cc(C(C)(C)C)ccc2-4)c(C)c1. The molecule has 444 valence electrons. The third-order valence-corrected chi connectivity index (χ3v) is 21.9. The zero-order chi connectivity index (χ0) is 63.1. The molecule has 0 amide bonds. The van der Waals surface area contributed by atoms with E-state index < -0.39 is 10.8 Å². The molecule has 5 aliphatic rings. The standard InChI is InChI=1S/C88H76B2N2/c1-53-43-55(3)81(56(4)44-53)89-73-35-25-37-77-83(73)91(79-51-71-67(49-75(79)89)65-41-39-63(85(7,8)9)47-69(65)87(71,59-27-17-13-18-28-59)60-29-19-14-20-30-60)78-38-26-36-74-84(78)92(77)80-52-72-68(50-76(80)90(74)82-57(5)45-54(2)46-58(82)6)66-42-40-64(86(10,11)12)48-70(66)88(72,61-31-21-15-22-32-61)62-33-23-16-24-34-62/h13-52H,1-12H3. The van der Waals surface area contributed by atoms with Crippen molar-refractivity contribution in [2.45, 2.75) is 105 Å². The first kappa shape index (κ1) is 56.4. The molecule has 0 unspecified atom stereocenters. The van der Waals surface area contributed by atoms with Crippen LogP contribution in [0, 0.1) is 41.5 Å². The van der Waals surface area contributed by atoms with E-state index in [1.165, 1.54) is 178 Å². The lowest BCUT2D eigenvalue weighted by atomic mass is 9.32. The highest BCUT2D eigenvalue weighted by Gasteiger charge is 2.54. The molecule has 0 radical (unpaired) electrons.